The summed E-state index contributed by atoms with van der Waals surface area (Å²) in [6.45, 7) is 8.36. The van der Waals surface area contributed by atoms with Crippen molar-refractivity contribution in [1.29, 1.82) is 0 Å². The highest BCUT2D eigenvalue weighted by atomic mass is 16.2. The van der Waals surface area contributed by atoms with Gasteiger partial charge in [-0.15, -0.1) is 0 Å². The van der Waals surface area contributed by atoms with Gasteiger partial charge in [0.05, 0.1) is 12.7 Å². The molecule has 0 spiro atoms. The minimum atomic E-state index is 0.0913. The number of hydrogen-bond acceptors (Lipinski definition) is 2. The molecule has 1 saturated heterocycles. The predicted molar refractivity (Wildman–Crippen MR) is 76.3 cm³/mol. The molecule has 1 heterocycles. The normalized spacial score (nSPS) is 21.6. The first-order valence-corrected chi connectivity index (χ1v) is 7.75. The zero-order valence-electron chi connectivity index (χ0n) is 12.4. The van der Waals surface area contributed by atoms with Crippen LogP contribution in [-0.4, -0.2) is 30.1 Å². The first-order valence-electron chi connectivity index (χ1n) is 7.75. The molecule has 0 aliphatic carbocycles. The molecule has 2 atom stereocenters. The average molecular weight is 254 g/mol. The molecule has 1 amide bonds. The van der Waals surface area contributed by atoms with Crippen LogP contribution in [0.4, 0.5) is 0 Å². The summed E-state index contributed by atoms with van der Waals surface area (Å²) in [6.07, 6.45) is 8.29. The van der Waals surface area contributed by atoms with Gasteiger partial charge in [-0.05, 0) is 18.8 Å². The van der Waals surface area contributed by atoms with Gasteiger partial charge < -0.3 is 4.90 Å². The number of hydrogen-bond donors (Lipinski definition) is 1. The Labute approximate surface area is 112 Å². The summed E-state index contributed by atoms with van der Waals surface area (Å²) in [7, 11) is 0. The van der Waals surface area contributed by atoms with Crippen molar-refractivity contribution in [1.82, 2.24) is 10.2 Å². The van der Waals surface area contributed by atoms with Crippen LogP contribution >= 0.6 is 0 Å². The van der Waals surface area contributed by atoms with Crippen LogP contribution in [0.25, 0.3) is 0 Å². The Hall–Kier alpha value is -0.570. The van der Waals surface area contributed by atoms with Crippen molar-refractivity contribution in [2.75, 3.05) is 13.2 Å². The smallest absolute Gasteiger partial charge is 0.240 e. The molecular formula is C15H30N2O. The number of rotatable bonds is 9. The van der Waals surface area contributed by atoms with Gasteiger partial charge in [-0.3, -0.25) is 10.1 Å². The van der Waals surface area contributed by atoms with E-state index >= 15 is 0 Å². The van der Waals surface area contributed by atoms with Crippen LogP contribution in [0.3, 0.4) is 0 Å². The van der Waals surface area contributed by atoms with Crippen molar-refractivity contribution in [3.8, 4) is 0 Å². The standard InChI is InChI=1S/C15H30N2O/c1-4-7-9-13(6-3)11-17-12-16-14(15(17)18)10-8-5-2/h13-14,16H,4-12H2,1-3H3. The summed E-state index contributed by atoms with van der Waals surface area (Å²) in [6, 6.07) is 0.0913. The van der Waals surface area contributed by atoms with Crippen molar-refractivity contribution < 1.29 is 4.79 Å². The highest BCUT2D eigenvalue weighted by Crippen LogP contribution is 2.17. The van der Waals surface area contributed by atoms with Crippen molar-refractivity contribution in [3.05, 3.63) is 0 Å². The minimum absolute atomic E-state index is 0.0913. The second-order valence-electron chi connectivity index (χ2n) is 5.53. The third-order valence-corrected chi connectivity index (χ3v) is 4.01. The molecule has 0 radical (unpaired) electrons. The molecule has 18 heavy (non-hydrogen) atoms. The SMILES string of the molecule is CCCCC(CC)CN1CNC(CCCC)C1=O. The quantitative estimate of drug-likeness (QED) is 0.685. The van der Waals surface area contributed by atoms with E-state index in [1.165, 1.54) is 32.1 Å². The van der Waals surface area contributed by atoms with E-state index in [0.29, 0.717) is 11.8 Å². The molecule has 106 valence electrons. The van der Waals surface area contributed by atoms with Crippen molar-refractivity contribution >= 4 is 5.91 Å². The lowest BCUT2D eigenvalue weighted by Crippen LogP contribution is -2.33. The lowest BCUT2D eigenvalue weighted by Gasteiger charge is -2.22. The molecular weight excluding hydrogens is 224 g/mol. The Kier molecular flexibility index (Phi) is 7.33. The lowest BCUT2D eigenvalue weighted by atomic mass is 9.98. The van der Waals surface area contributed by atoms with E-state index in [1.807, 2.05) is 4.90 Å². The number of nitrogens with zero attached hydrogens (tertiary/aromatic N) is 1. The van der Waals surface area contributed by atoms with Gasteiger partial charge in [-0.25, -0.2) is 0 Å². The fourth-order valence-corrected chi connectivity index (χ4v) is 2.62. The third-order valence-electron chi connectivity index (χ3n) is 4.01. The van der Waals surface area contributed by atoms with Crippen LogP contribution in [0, 0.1) is 5.92 Å². The zero-order valence-corrected chi connectivity index (χ0v) is 12.4. The summed E-state index contributed by atoms with van der Waals surface area (Å²) in [5, 5.41) is 3.35. The lowest BCUT2D eigenvalue weighted by molar-refractivity contribution is -0.129. The summed E-state index contributed by atoms with van der Waals surface area (Å²) < 4.78 is 0. The molecule has 1 rings (SSSR count). The zero-order chi connectivity index (χ0) is 13.4. The Morgan fingerprint density at radius 2 is 2.00 bits per heavy atom. The highest BCUT2D eigenvalue weighted by molar-refractivity contribution is 5.83. The Morgan fingerprint density at radius 3 is 2.61 bits per heavy atom. The summed E-state index contributed by atoms with van der Waals surface area (Å²) in [4.78, 5) is 14.2. The highest BCUT2D eigenvalue weighted by Gasteiger charge is 2.31. The van der Waals surface area contributed by atoms with Crippen LogP contribution in [0.15, 0.2) is 0 Å². The molecule has 1 aliphatic heterocycles. The van der Waals surface area contributed by atoms with E-state index in [4.69, 9.17) is 0 Å². The second kappa shape index (κ2) is 8.52. The van der Waals surface area contributed by atoms with E-state index in [-0.39, 0.29) is 6.04 Å². The number of carbonyl (C=O) groups excluding carboxylic acids is 1. The Morgan fingerprint density at radius 1 is 1.28 bits per heavy atom. The fraction of sp³-hybridized carbons (Fsp3) is 0.933. The third kappa shape index (κ3) is 4.60. The van der Waals surface area contributed by atoms with Crippen LogP contribution in [-0.2, 0) is 4.79 Å². The van der Waals surface area contributed by atoms with Gasteiger partial charge >= 0.3 is 0 Å². The number of amides is 1. The van der Waals surface area contributed by atoms with Crippen LogP contribution in [0.5, 0.6) is 0 Å². The Bertz CT molecular complexity index is 243. The minimum Gasteiger partial charge on any atom is -0.328 e. The topological polar surface area (TPSA) is 32.3 Å². The van der Waals surface area contributed by atoms with Gasteiger partial charge in [0.1, 0.15) is 0 Å². The Balaban J connectivity index is 2.36. The van der Waals surface area contributed by atoms with Gasteiger partial charge in [0.15, 0.2) is 0 Å². The molecule has 0 aromatic carbocycles. The molecule has 1 aliphatic rings. The van der Waals surface area contributed by atoms with Crippen molar-refractivity contribution in [2.45, 2.75) is 71.8 Å². The summed E-state index contributed by atoms with van der Waals surface area (Å²) >= 11 is 0. The van der Waals surface area contributed by atoms with E-state index in [9.17, 15) is 4.79 Å². The molecule has 0 bridgehead atoms. The second-order valence-corrected chi connectivity index (χ2v) is 5.53. The molecule has 3 heteroatoms. The monoisotopic (exact) mass is 254 g/mol. The maximum absolute atomic E-state index is 12.2. The first kappa shape index (κ1) is 15.5. The predicted octanol–water partition coefficient (Wildman–Crippen LogP) is 3.15. The van der Waals surface area contributed by atoms with Gasteiger partial charge in [0, 0.05) is 6.54 Å². The number of nitrogens with one attached hydrogen (secondary N) is 1. The molecule has 0 aromatic heterocycles. The van der Waals surface area contributed by atoms with Gasteiger partial charge in [0.2, 0.25) is 5.91 Å². The molecule has 2 unspecified atom stereocenters. The maximum Gasteiger partial charge on any atom is 0.240 e. The number of carbonyl (C=O) groups is 1. The fourth-order valence-electron chi connectivity index (χ4n) is 2.62. The van der Waals surface area contributed by atoms with Gasteiger partial charge in [-0.1, -0.05) is 52.9 Å². The first-order chi connectivity index (χ1) is 8.72. The molecule has 1 N–H and O–H groups in total. The van der Waals surface area contributed by atoms with E-state index in [1.54, 1.807) is 0 Å². The number of unbranched alkanes of at least 4 members (excludes halogenated alkanes) is 2. The average Bonchev–Trinajstić information content (AvgIpc) is 2.73. The van der Waals surface area contributed by atoms with Gasteiger partial charge in [0.25, 0.3) is 0 Å². The van der Waals surface area contributed by atoms with Crippen LogP contribution in [0.2, 0.25) is 0 Å². The van der Waals surface area contributed by atoms with E-state index in [0.717, 1.165) is 26.1 Å². The van der Waals surface area contributed by atoms with E-state index < -0.39 is 0 Å². The molecule has 0 aromatic rings. The molecule has 0 saturated carbocycles. The van der Waals surface area contributed by atoms with Crippen LogP contribution < -0.4 is 5.32 Å². The maximum atomic E-state index is 12.2. The van der Waals surface area contributed by atoms with E-state index in [2.05, 4.69) is 26.1 Å². The summed E-state index contributed by atoms with van der Waals surface area (Å²) in [5.74, 6) is 1.01. The van der Waals surface area contributed by atoms with Crippen molar-refractivity contribution in [2.24, 2.45) is 5.92 Å². The molecule has 3 nitrogen and oxygen atoms in total. The van der Waals surface area contributed by atoms with Gasteiger partial charge in [-0.2, -0.15) is 0 Å². The molecule has 1 fully saturated rings. The van der Waals surface area contributed by atoms with Crippen molar-refractivity contribution in [3.63, 3.8) is 0 Å². The van der Waals surface area contributed by atoms with Crippen LogP contribution in [0.1, 0.15) is 65.7 Å². The largest absolute Gasteiger partial charge is 0.328 e. The summed E-state index contributed by atoms with van der Waals surface area (Å²) in [5.41, 5.74) is 0.